The molecular weight excluding hydrogens is 222 g/mol. The van der Waals surface area contributed by atoms with Gasteiger partial charge in [0.25, 0.3) is 0 Å². The summed E-state index contributed by atoms with van der Waals surface area (Å²) in [5.74, 6) is 1.80. The lowest BCUT2D eigenvalue weighted by Gasteiger charge is -2.37. The predicted octanol–water partition coefficient (Wildman–Crippen LogP) is 1.78. The summed E-state index contributed by atoms with van der Waals surface area (Å²) in [4.78, 5) is 5.02. The molecular formula is C15H31N3. The molecule has 0 aromatic rings. The van der Waals surface area contributed by atoms with Gasteiger partial charge in [0, 0.05) is 19.1 Å². The maximum atomic E-state index is 6.08. The van der Waals surface area contributed by atoms with E-state index in [-0.39, 0.29) is 0 Å². The van der Waals surface area contributed by atoms with Gasteiger partial charge in [0.1, 0.15) is 0 Å². The van der Waals surface area contributed by atoms with Crippen LogP contribution in [0.4, 0.5) is 0 Å². The highest BCUT2D eigenvalue weighted by atomic mass is 15.1. The highest BCUT2D eigenvalue weighted by Crippen LogP contribution is 2.26. The monoisotopic (exact) mass is 253 g/mol. The van der Waals surface area contributed by atoms with E-state index in [2.05, 4.69) is 23.9 Å². The number of nitrogens with two attached hydrogens (primary N) is 1. The molecule has 2 fully saturated rings. The molecule has 2 N–H and O–H groups in total. The van der Waals surface area contributed by atoms with E-state index in [4.69, 9.17) is 5.73 Å². The van der Waals surface area contributed by atoms with E-state index in [1.807, 2.05) is 0 Å². The Hall–Kier alpha value is -0.120. The van der Waals surface area contributed by atoms with Gasteiger partial charge in [0.05, 0.1) is 0 Å². The van der Waals surface area contributed by atoms with Crippen LogP contribution in [0.2, 0.25) is 0 Å². The van der Waals surface area contributed by atoms with E-state index in [0.29, 0.717) is 6.04 Å². The minimum absolute atomic E-state index is 0.482. The molecule has 0 amide bonds. The molecule has 0 aromatic heterocycles. The van der Waals surface area contributed by atoms with Crippen LogP contribution in [-0.2, 0) is 0 Å². The largest absolute Gasteiger partial charge is 0.328 e. The number of nitrogens with zero attached hydrogens (tertiary/aromatic N) is 2. The molecule has 1 aliphatic heterocycles. The van der Waals surface area contributed by atoms with E-state index >= 15 is 0 Å². The van der Waals surface area contributed by atoms with Crippen LogP contribution in [-0.4, -0.2) is 56.1 Å². The van der Waals surface area contributed by atoms with Crippen LogP contribution in [0.1, 0.15) is 38.5 Å². The first-order valence-electron chi connectivity index (χ1n) is 7.76. The third-order valence-corrected chi connectivity index (χ3v) is 4.67. The fraction of sp³-hybridized carbons (Fsp3) is 1.00. The molecule has 1 heterocycles. The zero-order valence-electron chi connectivity index (χ0n) is 12.3. The fourth-order valence-corrected chi connectivity index (χ4v) is 3.73. The average molecular weight is 253 g/mol. The van der Waals surface area contributed by atoms with Crippen LogP contribution >= 0.6 is 0 Å². The van der Waals surface area contributed by atoms with Gasteiger partial charge in [-0.15, -0.1) is 0 Å². The van der Waals surface area contributed by atoms with Crippen molar-refractivity contribution in [1.29, 1.82) is 0 Å². The molecule has 3 heteroatoms. The van der Waals surface area contributed by atoms with Crippen LogP contribution in [0.15, 0.2) is 0 Å². The molecule has 18 heavy (non-hydrogen) atoms. The van der Waals surface area contributed by atoms with Gasteiger partial charge in [-0.3, -0.25) is 0 Å². The lowest BCUT2D eigenvalue weighted by molar-refractivity contribution is 0.130. The Balaban J connectivity index is 1.66. The highest BCUT2D eigenvalue weighted by Gasteiger charge is 2.24. The zero-order valence-corrected chi connectivity index (χ0v) is 12.3. The van der Waals surface area contributed by atoms with E-state index in [1.54, 1.807) is 0 Å². The first kappa shape index (κ1) is 14.3. The summed E-state index contributed by atoms with van der Waals surface area (Å²) in [5, 5.41) is 0. The van der Waals surface area contributed by atoms with Crippen molar-refractivity contribution < 1.29 is 0 Å². The van der Waals surface area contributed by atoms with Crippen molar-refractivity contribution in [3.05, 3.63) is 0 Å². The zero-order chi connectivity index (χ0) is 13.0. The second-order valence-corrected chi connectivity index (χ2v) is 6.80. The van der Waals surface area contributed by atoms with Gasteiger partial charge in [0.2, 0.25) is 0 Å². The third-order valence-electron chi connectivity index (χ3n) is 4.67. The maximum Gasteiger partial charge on any atom is 0.00419 e. The van der Waals surface area contributed by atoms with Gasteiger partial charge in [-0.1, -0.05) is 6.42 Å². The molecule has 1 saturated carbocycles. The van der Waals surface area contributed by atoms with Crippen LogP contribution < -0.4 is 5.73 Å². The van der Waals surface area contributed by atoms with Gasteiger partial charge in [-0.25, -0.2) is 0 Å². The SMILES string of the molecule is CN(C)CC1CCN(CC2CCCC(N)C2)CC1. The van der Waals surface area contributed by atoms with Gasteiger partial charge in [-0.2, -0.15) is 0 Å². The Morgan fingerprint density at radius 2 is 1.78 bits per heavy atom. The second kappa shape index (κ2) is 6.88. The molecule has 1 saturated heterocycles. The lowest BCUT2D eigenvalue weighted by Crippen LogP contribution is -2.41. The average Bonchev–Trinajstić information content (AvgIpc) is 2.31. The van der Waals surface area contributed by atoms with Gasteiger partial charge in [0.15, 0.2) is 0 Å². The van der Waals surface area contributed by atoms with Crippen molar-refractivity contribution in [3.63, 3.8) is 0 Å². The summed E-state index contributed by atoms with van der Waals surface area (Å²) >= 11 is 0. The van der Waals surface area contributed by atoms with Crippen molar-refractivity contribution in [3.8, 4) is 0 Å². The Morgan fingerprint density at radius 3 is 2.39 bits per heavy atom. The fourth-order valence-electron chi connectivity index (χ4n) is 3.73. The minimum atomic E-state index is 0.482. The van der Waals surface area contributed by atoms with E-state index < -0.39 is 0 Å². The van der Waals surface area contributed by atoms with Gasteiger partial charge in [-0.05, 0) is 71.1 Å². The standard InChI is InChI=1S/C15H31N3/c1-17(2)11-13-6-8-18(9-7-13)12-14-4-3-5-15(16)10-14/h13-15H,3-12,16H2,1-2H3. The topological polar surface area (TPSA) is 32.5 Å². The second-order valence-electron chi connectivity index (χ2n) is 6.80. The molecule has 106 valence electrons. The summed E-state index contributed by atoms with van der Waals surface area (Å²) in [5.41, 5.74) is 6.08. The Kier molecular flexibility index (Phi) is 5.46. The summed E-state index contributed by atoms with van der Waals surface area (Å²) < 4.78 is 0. The van der Waals surface area contributed by atoms with Crippen molar-refractivity contribution in [1.82, 2.24) is 9.80 Å². The summed E-state index contributed by atoms with van der Waals surface area (Å²) in [6.07, 6.45) is 8.04. The van der Waals surface area contributed by atoms with Gasteiger partial charge < -0.3 is 15.5 Å². The smallest absolute Gasteiger partial charge is 0.00419 e. The van der Waals surface area contributed by atoms with E-state index in [0.717, 1.165) is 11.8 Å². The van der Waals surface area contributed by atoms with E-state index in [9.17, 15) is 0 Å². The van der Waals surface area contributed by atoms with Crippen molar-refractivity contribution in [2.75, 3.05) is 40.3 Å². The van der Waals surface area contributed by atoms with Gasteiger partial charge >= 0.3 is 0 Å². The quantitative estimate of drug-likeness (QED) is 0.829. The van der Waals surface area contributed by atoms with Crippen molar-refractivity contribution >= 4 is 0 Å². The van der Waals surface area contributed by atoms with Crippen LogP contribution in [0.5, 0.6) is 0 Å². The molecule has 3 nitrogen and oxygen atoms in total. The molecule has 2 aliphatic rings. The molecule has 2 rings (SSSR count). The number of likely N-dealkylation sites (tertiary alicyclic amines) is 1. The number of hydrogen-bond donors (Lipinski definition) is 1. The van der Waals surface area contributed by atoms with Crippen LogP contribution in [0, 0.1) is 11.8 Å². The number of rotatable bonds is 4. The Labute approximate surface area is 113 Å². The summed E-state index contributed by atoms with van der Waals surface area (Å²) in [6.45, 7) is 5.19. The van der Waals surface area contributed by atoms with Crippen LogP contribution in [0.25, 0.3) is 0 Å². The predicted molar refractivity (Wildman–Crippen MR) is 77.7 cm³/mol. The van der Waals surface area contributed by atoms with E-state index in [1.165, 1.54) is 64.7 Å². The first-order chi connectivity index (χ1) is 8.63. The van der Waals surface area contributed by atoms with Crippen molar-refractivity contribution in [2.45, 2.75) is 44.6 Å². The summed E-state index contributed by atoms with van der Waals surface area (Å²) in [7, 11) is 4.38. The van der Waals surface area contributed by atoms with Crippen LogP contribution in [0.3, 0.4) is 0 Å². The highest BCUT2D eigenvalue weighted by molar-refractivity contribution is 4.80. The summed E-state index contributed by atoms with van der Waals surface area (Å²) in [6, 6.07) is 0.482. The normalized spacial score (nSPS) is 32.0. The molecule has 0 bridgehead atoms. The molecule has 2 atom stereocenters. The third kappa shape index (κ3) is 4.52. The molecule has 0 radical (unpaired) electrons. The molecule has 2 unspecified atom stereocenters. The first-order valence-corrected chi connectivity index (χ1v) is 7.76. The lowest BCUT2D eigenvalue weighted by atomic mass is 9.85. The molecule has 0 spiro atoms. The molecule has 0 aromatic carbocycles. The Morgan fingerprint density at radius 1 is 1.06 bits per heavy atom. The number of piperidine rings is 1. The van der Waals surface area contributed by atoms with Crippen molar-refractivity contribution in [2.24, 2.45) is 17.6 Å². The number of hydrogen-bond acceptors (Lipinski definition) is 3. The maximum absolute atomic E-state index is 6.08. The molecule has 1 aliphatic carbocycles. The Bertz CT molecular complexity index is 234. The minimum Gasteiger partial charge on any atom is -0.328 e.